The lowest BCUT2D eigenvalue weighted by atomic mass is 10.0. The number of nitrogens with two attached hydrogens (primary N) is 1. The maximum absolute atomic E-state index is 14.3. The number of hydrogen-bond donors (Lipinski definition) is 4. The standard InChI is InChI=1S/C22H27Cl2FN2O3/c23-17-10-16(11-18(24)22(17)26)19(28)13-27-9-4-2-1-3-6-14-7-5-8-15(21(14)25)12-20(29)30/h5,7-8,10-11,19,27-28H,1-4,6,9,12-13,26H2,(H,29,30). The first-order valence-corrected chi connectivity index (χ1v) is 10.7. The summed E-state index contributed by atoms with van der Waals surface area (Å²) in [7, 11) is 0. The van der Waals surface area contributed by atoms with Gasteiger partial charge in [-0.05, 0) is 54.6 Å². The van der Waals surface area contributed by atoms with Gasteiger partial charge in [0.05, 0.1) is 28.3 Å². The zero-order valence-electron chi connectivity index (χ0n) is 16.6. The quantitative estimate of drug-likeness (QED) is 0.272. The molecule has 5 N–H and O–H groups in total. The van der Waals surface area contributed by atoms with Crippen LogP contribution in [0.3, 0.4) is 0 Å². The number of nitrogen functional groups attached to an aromatic ring is 1. The summed E-state index contributed by atoms with van der Waals surface area (Å²) in [6.07, 6.45) is 3.22. The second-order valence-electron chi connectivity index (χ2n) is 7.24. The minimum Gasteiger partial charge on any atom is -0.481 e. The number of aryl methyl sites for hydroxylation is 1. The Morgan fingerprint density at radius 1 is 1.10 bits per heavy atom. The molecule has 0 saturated heterocycles. The molecule has 5 nitrogen and oxygen atoms in total. The van der Waals surface area contributed by atoms with Crippen LogP contribution in [0.4, 0.5) is 10.1 Å². The number of anilines is 1. The monoisotopic (exact) mass is 456 g/mol. The number of unbranched alkanes of at least 4 members (excludes halogenated alkanes) is 3. The van der Waals surface area contributed by atoms with Crippen LogP contribution in [0.2, 0.25) is 10.0 Å². The van der Waals surface area contributed by atoms with Gasteiger partial charge in [0.25, 0.3) is 0 Å². The van der Waals surface area contributed by atoms with E-state index >= 15 is 0 Å². The van der Waals surface area contributed by atoms with Gasteiger partial charge in [-0.25, -0.2) is 4.39 Å². The van der Waals surface area contributed by atoms with Gasteiger partial charge in [0, 0.05) is 6.54 Å². The summed E-state index contributed by atoms with van der Waals surface area (Å²) < 4.78 is 14.3. The van der Waals surface area contributed by atoms with E-state index in [2.05, 4.69) is 5.32 Å². The molecule has 0 aliphatic carbocycles. The van der Waals surface area contributed by atoms with E-state index in [1.54, 1.807) is 24.3 Å². The van der Waals surface area contributed by atoms with Gasteiger partial charge in [-0.3, -0.25) is 4.79 Å². The second kappa shape index (κ2) is 12.1. The van der Waals surface area contributed by atoms with Crippen LogP contribution in [-0.2, 0) is 17.6 Å². The highest BCUT2D eigenvalue weighted by Crippen LogP contribution is 2.31. The molecule has 1 unspecified atom stereocenters. The van der Waals surface area contributed by atoms with Gasteiger partial charge in [-0.1, -0.05) is 54.2 Å². The number of carboxylic acid groups (broad SMARTS) is 1. The molecule has 0 aliphatic heterocycles. The zero-order chi connectivity index (χ0) is 22.1. The molecule has 0 radical (unpaired) electrons. The Bertz CT molecular complexity index is 841. The van der Waals surface area contributed by atoms with Crippen molar-refractivity contribution in [1.82, 2.24) is 5.32 Å². The fraction of sp³-hybridized carbons (Fsp3) is 0.409. The van der Waals surface area contributed by atoms with Crippen molar-refractivity contribution in [3.63, 3.8) is 0 Å². The Hall–Kier alpha value is -1.86. The maximum Gasteiger partial charge on any atom is 0.307 e. The lowest BCUT2D eigenvalue weighted by Crippen LogP contribution is -2.22. The van der Waals surface area contributed by atoms with Crippen molar-refractivity contribution in [3.05, 3.63) is 62.9 Å². The molecule has 2 aromatic carbocycles. The van der Waals surface area contributed by atoms with Crippen LogP contribution < -0.4 is 11.1 Å². The average Bonchev–Trinajstić information content (AvgIpc) is 2.69. The molecule has 0 saturated carbocycles. The third-order valence-electron chi connectivity index (χ3n) is 4.87. The topological polar surface area (TPSA) is 95.6 Å². The lowest BCUT2D eigenvalue weighted by molar-refractivity contribution is -0.136. The van der Waals surface area contributed by atoms with Gasteiger partial charge in [-0.15, -0.1) is 0 Å². The Morgan fingerprint density at radius 2 is 1.73 bits per heavy atom. The van der Waals surface area contributed by atoms with E-state index in [0.717, 1.165) is 32.2 Å². The lowest BCUT2D eigenvalue weighted by Gasteiger charge is -2.14. The zero-order valence-corrected chi connectivity index (χ0v) is 18.1. The van der Waals surface area contributed by atoms with Crippen molar-refractivity contribution in [2.75, 3.05) is 18.8 Å². The van der Waals surface area contributed by atoms with E-state index in [0.29, 0.717) is 39.8 Å². The van der Waals surface area contributed by atoms with Crippen LogP contribution in [0.5, 0.6) is 0 Å². The molecule has 0 aliphatic rings. The summed E-state index contributed by atoms with van der Waals surface area (Å²) in [5.74, 6) is -1.44. The fourth-order valence-corrected chi connectivity index (χ4v) is 3.70. The molecule has 0 amide bonds. The molecule has 0 spiro atoms. The number of aliphatic carboxylic acids is 1. The van der Waals surface area contributed by atoms with Gasteiger partial charge in [0.2, 0.25) is 0 Å². The third-order valence-corrected chi connectivity index (χ3v) is 5.50. The normalized spacial score (nSPS) is 12.1. The molecule has 164 valence electrons. The van der Waals surface area contributed by atoms with Gasteiger partial charge < -0.3 is 21.3 Å². The summed E-state index contributed by atoms with van der Waals surface area (Å²) in [5.41, 5.74) is 7.40. The molecular formula is C22H27Cl2FN2O3. The van der Waals surface area contributed by atoms with Gasteiger partial charge in [-0.2, -0.15) is 0 Å². The highest BCUT2D eigenvalue weighted by Gasteiger charge is 2.12. The molecule has 1 atom stereocenters. The summed E-state index contributed by atoms with van der Waals surface area (Å²) in [4.78, 5) is 10.8. The predicted molar refractivity (Wildman–Crippen MR) is 119 cm³/mol. The Kier molecular flexibility index (Phi) is 9.85. The summed E-state index contributed by atoms with van der Waals surface area (Å²) in [5, 5.41) is 22.9. The van der Waals surface area contributed by atoms with Crippen molar-refractivity contribution < 1.29 is 19.4 Å². The second-order valence-corrected chi connectivity index (χ2v) is 8.06. The molecule has 2 aromatic rings. The van der Waals surface area contributed by atoms with E-state index < -0.39 is 17.9 Å². The molecule has 0 aromatic heterocycles. The van der Waals surface area contributed by atoms with Crippen molar-refractivity contribution >= 4 is 34.9 Å². The number of rotatable bonds is 12. The summed E-state index contributed by atoms with van der Waals surface area (Å²) in [6.45, 7) is 1.12. The SMILES string of the molecule is Nc1c(Cl)cc(C(O)CNCCCCCCc2cccc(CC(=O)O)c2F)cc1Cl. The highest BCUT2D eigenvalue weighted by atomic mass is 35.5. The molecule has 8 heteroatoms. The van der Waals surface area contributed by atoms with E-state index in [1.165, 1.54) is 6.07 Å². The van der Waals surface area contributed by atoms with Gasteiger partial charge >= 0.3 is 5.97 Å². The third kappa shape index (κ3) is 7.43. The number of aliphatic hydroxyl groups is 1. The fourth-order valence-electron chi connectivity index (χ4n) is 3.20. The van der Waals surface area contributed by atoms with Gasteiger partial charge in [0.1, 0.15) is 5.82 Å². The first-order chi connectivity index (χ1) is 14.3. The van der Waals surface area contributed by atoms with Crippen molar-refractivity contribution in [2.24, 2.45) is 0 Å². The summed E-state index contributed by atoms with van der Waals surface area (Å²) in [6, 6.07) is 8.14. The molecule has 0 bridgehead atoms. The average molecular weight is 457 g/mol. The summed E-state index contributed by atoms with van der Waals surface area (Å²) >= 11 is 12.0. The number of aliphatic hydroxyl groups excluding tert-OH is 1. The molecule has 30 heavy (non-hydrogen) atoms. The minimum atomic E-state index is -1.04. The van der Waals surface area contributed by atoms with Crippen molar-refractivity contribution in [3.8, 4) is 0 Å². The first-order valence-electron chi connectivity index (χ1n) is 9.90. The Labute approximate surface area is 186 Å². The van der Waals surface area contributed by atoms with E-state index in [9.17, 15) is 14.3 Å². The highest BCUT2D eigenvalue weighted by molar-refractivity contribution is 6.38. The number of carbonyl (C=O) groups is 1. The molecule has 0 fully saturated rings. The smallest absolute Gasteiger partial charge is 0.307 e. The van der Waals surface area contributed by atoms with Crippen LogP contribution in [0.25, 0.3) is 0 Å². The predicted octanol–water partition coefficient (Wildman–Crippen LogP) is 4.77. The van der Waals surface area contributed by atoms with Crippen LogP contribution in [0.15, 0.2) is 30.3 Å². The Morgan fingerprint density at radius 3 is 2.40 bits per heavy atom. The molecule has 0 heterocycles. The van der Waals surface area contributed by atoms with E-state index in [4.69, 9.17) is 34.0 Å². The van der Waals surface area contributed by atoms with Crippen LogP contribution >= 0.6 is 23.2 Å². The first kappa shape index (κ1) is 24.4. The number of carboxylic acids is 1. The largest absolute Gasteiger partial charge is 0.481 e. The minimum absolute atomic E-state index is 0.228. The number of benzene rings is 2. The molecular weight excluding hydrogens is 430 g/mol. The molecule has 2 rings (SSSR count). The van der Waals surface area contributed by atoms with E-state index in [1.807, 2.05) is 0 Å². The van der Waals surface area contributed by atoms with Crippen LogP contribution in [0, 0.1) is 5.82 Å². The maximum atomic E-state index is 14.3. The van der Waals surface area contributed by atoms with Crippen molar-refractivity contribution in [1.29, 1.82) is 0 Å². The van der Waals surface area contributed by atoms with Crippen molar-refractivity contribution in [2.45, 2.75) is 44.6 Å². The number of nitrogens with one attached hydrogen (secondary N) is 1. The van der Waals surface area contributed by atoms with E-state index in [-0.39, 0.29) is 12.0 Å². The number of hydrogen-bond acceptors (Lipinski definition) is 4. The Balaban J connectivity index is 1.63. The van der Waals surface area contributed by atoms with Gasteiger partial charge in [0.15, 0.2) is 0 Å². The van der Waals surface area contributed by atoms with Crippen LogP contribution in [0.1, 0.15) is 48.5 Å². The van der Waals surface area contributed by atoms with Crippen LogP contribution in [-0.4, -0.2) is 29.3 Å². The number of halogens is 3.